The summed E-state index contributed by atoms with van der Waals surface area (Å²) in [5.41, 5.74) is 2.73. The van der Waals surface area contributed by atoms with E-state index in [9.17, 15) is 0 Å². The molecule has 1 aromatic carbocycles. The van der Waals surface area contributed by atoms with Crippen molar-refractivity contribution >= 4 is 11.4 Å². The van der Waals surface area contributed by atoms with E-state index in [2.05, 4.69) is 67.2 Å². The maximum absolute atomic E-state index is 3.70. The molecule has 1 heterocycles. The normalized spacial score (nSPS) is 16.4. The summed E-state index contributed by atoms with van der Waals surface area (Å²) in [5.74, 6) is 0. The van der Waals surface area contributed by atoms with Gasteiger partial charge in [-0.1, -0.05) is 26.0 Å². The Morgan fingerprint density at radius 1 is 1.10 bits per heavy atom. The van der Waals surface area contributed by atoms with Crippen molar-refractivity contribution in [3.63, 3.8) is 0 Å². The lowest BCUT2D eigenvalue weighted by Gasteiger charge is -2.40. The van der Waals surface area contributed by atoms with E-state index in [0.717, 1.165) is 19.6 Å². The number of likely N-dealkylation sites (N-methyl/N-ethyl adjacent to an activating group) is 1. The third-order valence-corrected chi connectivity index (χ3v) is 4.50. The molecule has 1 atom stereocenters. The molecule has 3 nitrogen and oxygen atoms in total. The van der Waals surface area contributed by atoms with Crippen LogP contribution in [0.15, 0.2) is 24.3 Å². The van der Waals surface area contributed by atoms with Crippen LogP contribution in [0.5, 0.6) is 0 Å². The van der Waals surface area contributed by atoms with Crippen LogP contribution in [0.25, 0.3) is 0 Å². The minimum Gasteiger partial charge on any atom is -0.371 e. The lowest BCUT2D eigenvalue weighted by molar-refractivity contribution is 0.453. The molecule has 2 rings (SSSR count). The van der Waals surface area contributed by atoms with Crippen molar-refractivity contribution in [2.45, 2.75) is 45.7 Å². The molecule has 1 unspecified atom stereocenters. The smallest absolute Gasteiger partial charge is 0.0607 e. The zero-order chi connectivity index (χ0) is 14.5. The number of nitrogens with one attached hydrogen (secondary N) is 1. The number of hydrogen-bond donors (Lipinski definition) is 1. The van der Waals surface area contributed by atoms with Gasteiger partial charge in [0, 0.05) is 38.8 Å². The second-order valence-electron chi connectivity index (χ2n) is 5.87. The summed E-state index contributed by atoms with van der Waals surface area (Å²) < 4.78 is 0. The Labute approximate surface area is 124 Å². The summed E-state index contributed by atoms with van der Waals surface area (Å²) in [5, 5.41) is 3.70. The second-order valence-corrected chi connectivity index (χ2v) is 5.87. The maximum Gasteiger partial charge on any atom is 0.0607 e. The van der Waals surface area contributed by atoms with Gasteiger partial charge in [0.1, 0.15) is 0 Å². The van der Waals surface area contributed by atoms with Gasteiger partial charge in [0.25, 0.3) is 0 Å². The van der Waals surface area contributed by atoms with E-state index in [1.807, 2.05) is 0 Å². The summed E-state index contributed by atoms with van der Waals surface area (Å²) in [7, 11) is 2.18. The van der Waals surface area contributed by atoms with Crippen LogP contribution in [0.1, 0.15) is 33.6 Å². The van der Waals surface area contributed by atoms with Crippen LogP contribution < -0.4 is 15.1 Å². The van der Waals surface area contributed by atoms with Crippen LogP contribution in [0, 0.1) is 0 Å². The highest BCUT2D eigenvalue weighted by atomic mass is 15.3. The zero-order valence-electron chi connectivity index (χ0n) is 13.4. The van der Waals surface area contributed by atoms with Crippen LogP contribution in [0.2, 0.25) is 0 Å². The van der Waals surface area contributed by atoms with Crippen LogP contribution in [-0.4, -0.2) is 38.8 Å². The summed E-state index contributed by atoms with van der Waals surface area (Å²) in [6.07, 6.45) is 2.42. The van der Waals surface area contributed by atoms with Crippen molar-refractivity contribution in [2.75, 3.05) is 36.5 Å². The van der Waals surface area contributed by atoms with E-state index in [1.165, 1.54) is 24.2 Å². The van der Waals surface area contributed by atoms with Gasteiger partial charge in [-0.15, -0.1) is 0 Å². The third kappa shape index (κ3) is 3.26. The first-order valence-electron chi connectivity index (χ1n) is 7.97. The molecule has 0 aromatic heterocycles. The predicted octanol–water partition coefficient (Wildman–Crippen LogP) is 3.11. The Balaban J connectivity index is 2.04. The molecule has 1 aromatic rings. The number of hydrogen-bond acceptors (Lipinski definition) is 3. The molecule has 0 spiro atoms. The fourth-order valence-corrected chi connectivity index (χ4v) is 3.01. The number of benzene rings is 1. The predicted molar refractivity (Wildman–Crippen MR) is 88.9 cm³/mol. The summed E-state index contributed by atoms with van der Waals surface area (Å²) in [6, 6.07) is 9.93. The Hall–Kier alpha value is -1.22. The summed E-state index contributed by atoms with van der Waals surface area (Å²) in [6.45, 7) is 10.1. The van der Waals surface area contributed by atoms with E-state index < -0.39 is 0 Å². The van der Waals surface area contributed by atoms with Crippen LogP contribution in [0.4, 0.5) is 11.4 Å². The minimum absolute atomic E-state index is 0.533. The number of fused-ring (bicyclic) bond motifs is 1. The van der Waals surface area contributed by atoms with Crippen LogP contribution >= 0.6 is 0 Å². The highest BCUT2D eigenvalue weighted by Crippen LogP contribution is 2.32. The van der Waals surface area contributed by atoms with Gasteiger partial charge in [0.05, 0.1) is 11.4 Å². The molecule has 112 valence electrons. The van der Waals surface area contributed by atoms with Crippen molar-refractivity contribution in [1.82, 2.24) is 5.32 Å². The SMILES string of the molecule is CCC(CC)NCC(C)N1CCN(C)c2ccccc21. The Morgan fingerprint density at radius 3 is 2.40 bits per heavy atom. The average Bonchev–Trinajstić information content (AvgIpc) is 2.48. The van der Waals surface area contributed by atoms with Crippen LogP contribution in [0.3, 0.4) is 0 Å². The Kier molecular flexibility index (Phi) is 5.30. The number of anilines is 2. The molecule has 0 bridgehead atoms. The molecule has 1 aliphatic rings. The van der Waals surface area contributed by atoms with E-state index in [0.29, 0.717) is 12.1 Å². The first kappa shape index (κ1) is 15.2. The van der Waals surface area contributed by atoms with Gasteiger partial charge in [-0.3, -0.25) is 0 Å². The van der Waals surface area contributed by atoms with E-state index in [-0.39, 0.29) is 0 Å². The zero-order valence-corrected chi connectivity index (χ0v) is 13.4. The molecule has 1 aliphatic heterocycles. The number of rotatable bonds is 6. The standard InChI is InChI=1S/C17H29N3/c1-5-15(6-2)18-13-14(3)20-12-11-19(4)16-9-7-8-10-17(16)20/h7-10,14-15,18H,5-6,11-13H2,1-4H3. The third-order valence-electron chi connectivity index (χ3n) is 4.50. The summed E-state index contributed by atoms with van der Waals surface area (Å²) in [4.78, 5) is 4.90. The largest absolute Gasteiger partial charge is 0.371 e. The molecular formula is C17H29N3. The quantitative estimate of drug-likeness (QED) is 0.860. The first-order valence-corrected chi connectivity index (χ1v) is 7.97. The fraction of sp³-hybridized carbons (Fsp3) is 0.647. The van der Waals surface area contributed by atoms with Crippen LogP contribution in [-0.2, 0) is 0 Å². The number of nitrogens with zero attached hydrogens (tertiary/aromatic N) is 2. The van der Waals surface area contributed by atoms with Gasteiger partial charge in [0.15, 0.2) is 0 Å². The van der Waals surface area contributed by atoms with Gasteiger partial charge >= 0.3 is 0 Å². The lowest BCUT2D eigenvalue weighted by atomic mass is 10.1. The highest BCUT2D eigenvalue weighted by molar-refractivity contribution is 5.73. The first-order chi connectivity index (χ1) is 9.67. The molecule has 0 saturated heterocycles. The van der Waals surface area contributed by atoms with Crippen molar-refractivity contribution in [3.05, 3.63) is 24.3 Å². The fourth-order valence-electron chi connectivity index (χ4n) is 3.01. The number of para-hydroxylation sites is 2. The van der Waals surface area contributed by atoms with Gasteiger partial charge in [0.2, 0.25) is 0 Å². The van der Waals surface area contributed by atoms with E-state index in [1.54, 1.807) is 0 Å². The van der Waals surface area contributed by atoms with Gasteiger partial charge in [-0.2, -0.15) is 0 Å². The van der Waals surface area contributed by atoms with Crippen molar-refractivity contribution < 1.29 is 0 Å². The maximum atomic E-state index is 3.70. The molecule has 1 N–H and O–H groups in total. The van der Waals surface area contributed by atoms with Crippen molar-refractivity contribution in [3.8, 4) is 0 Å². The lowest BCUT2D eigenvalue weighted by Crippen LogP contribution is -2.48. The van der Waals surface area contributed by atoms with E-state index >= 15 is 0 Å². The minimum atomic E-state index is 0.533. The average molecular weight is 275 g/mol. The van der Waals surface area contributed by atoms with Gasteiger partial charge in [-0.25, -0.2) is 0 Å². The highest BCUT2D eigenvalue weighted by Gasteiger charge is 2.23. The molecule has 0 fully saturated rings. The molecule has 0 aliphatic carbocycles. The molecule has 20 heavy (non-hydrogen) atoms. The Morgan fingerprint density at radius 2 is 1.75 bits per heavy atom. The van der Waals surface area contributed by atoms with Gasteiger partial charge in [-0.05, 0) is 31.9 Å². The molecular weight excluding hydrogens is 246 g/mol. The molecule has 0 saturated carbocycles. The topological polar surface area (TPSA) is 18.5 Å². The van der Waals surface area contributed by atoms with Crippen molar-refractivity contribution in [2.24, 2.45) is 0 Å². The molecule has 0 amide bonds. The second kappa shape index (κ2) is 6.98. The van der Waals surface area contributed by atoms with Crippen molar-refractivity contribution in [1.29, 1.82) is 0 Å². The summed E-state index contributed by atoms with van der Waals surface area (Å²) >= 11 is 0. The molecule has 0 radical (unpaired) electrons. The van der Waals surface area contributed by atoms with Gasteiger partial charge < -0.3 is 15.1 Å². The Bertz CT molecular complexity index is 414. The molecule has 3 heteroatoms. The van der Waals surface area contributed by atoms with E-state index in [4.69, 9.17) is 0 Å². The monoisotopic (exact) mass is 275 g/mol.